The van der Waals surface area contributed by atoms with Gasteiger partial charge in [-0.15, -0.1) is 5.10 Å². The fraction of sp³-hybridized carbons (Fsp3) is 0.526. The van der Waals surface area contributed by atoms with E-state index in [1.165, 1.54) is 0 Å². The Morgan fingerprint density at radius 3 is 2.36 bits per heavy atom. The molecule has 0 saturated carbocycles. The molecule has 0 atom stereocenters. The zero-order valence-electron chi connectivity index (χ0n) is 16.5. The van der Waals surface area contributed by atoms with E-state index in [-0.39, 0.29) is 28.8 Å². The van der Waals surface area contributed by atoms with Gasteiger partial charge in [-0.1, -0.05) is 38.1 Å². The van der Waals surface area contributed by atoms with Gasteiger partial charge in [-0.2, -0.15) is 0 Å². The third-order valence-corrected chi connectivity index (χ3v) is 6.49. The Balaban J connectivity index is 1.54. The van der Waals surface area contributed by atoms with Crippen molar-refractivity contribution >= 4 is 15.9 Å². The van der Waals surface area contributed by atoms with Crippen molar-refractivity contribution in [1.29, 1.82) is 0 Å². The van der Waals surface area contributed by atoms with Gasteiger partial charge in [-0.3, -0.25) is 4.79 Å². The van der Waals surface area contributed by atoms with Crippen molar-refractivity contribution in [3.63, 3.8) is 0 Å². The van der Waals surface area contributed by atoms with Gasteiger partial charge in [0.1, 0.15) is 0 Å². The number of hydrogen-bond donors (Lipinski definition) is 1. The molecule has 1 aliphatic heterocycles. The molecule has 1 saturated heterocycles. The first kappa shape index (κ1) is 20.5. The molecule has 1 aromatic heterocycles. The molecule has 3 rings (SSSR count). The Morgan fingerprint density at radius 2 is 1.82 bits per heavy atom. The first-order valence-electron chi connectivity index (χ1n) is 9.40. The van der Waals surface area contributed by atoms with Gasteiger partial charge >= 0.3 is 0 Å². The predicted molar refractivity (Wildman–Crippen MR) is 105 cm³/mol. The molecule has 0 radical (unpaired) electrons. The van der Waals surface area contributed by atoms with Crippen LogP contribution in [0.2, 0.25) is 0 Å². The van der Waals surface area contributed by atoms with E-state index in [1.54, 1.807) is 23.2 Å². The van der Waals surface area contributed by atoms with Gasteiger partial charge in [0.25, 0.3) is 0 Å². The molecule has 152 valence electrons. The molecule has 0 bridgehead atoms. The number of sulfonamides is 1. The topological polar surface area (TPSA) is 97.2 Å². The van der Waals surface area contributed by atoms with Gasteiger partial charge in [0, 0.05) is 19.3 Å². The summed E-state index contributed by atoms with van der Waals surface area (Å²) in [5.74, 6) is -0.216. The number of carbonyl (C=O) groups excluding carboxylic acids is 1. The average molecular weight is 406 g/mol. The minimum atomic E-state index is -3.72. The van der Waals surface area contributed by atoms with Crippen molar-refractivity contribution < 1.29 is 13.2 Å². The van der Waals surface area contributed by atoms with E-state index in [0.29, 0.717) is 13.1 Å². The van der Waals surface area contributed by atoms with Crippen molar-refractivity contribution in [2.24, 2.45) is 0 Å². The van der Waals surface area contributed by atoms with Gasteiger partial charge in [0.05, 0.1) is 23.7 Å². The molecule has 28 heavy (non-hydrogen) atoms. The van der Waals surface area contributed by atoms with Crippen LogP contribution in [0.1, 0.15) is 45.2 Å². The number of amides is 1. The lowest BCUT2D eigenvalue weighted by molar-refractivity contribution is -0.131. The monoisotopic (exact) mass is 405 g/mol. The summed E-state index contributed by atoms with van der Waals surface area (Å²) in [6, 6.07) is 7.01. The summed E-state index contributed by atoms with van der Waals surface area (Å²) < 4.78 is 29.2. The van der Waals surface area contributed by atoms with Crippen LogP contribution in [0.4, 0.5) is 0 Å². The molecule has 1 N–H and O–H groups in total. The van der Waals surface area contributed by atoms with Gasteiger partial charge in [-0.05, 0) is 36.0 Å². The van der Waals surface area contributed by atoms with Crippen LogP contribution < -0.4 is 4.72 Å². The number of nitrogens with zero attached hydrogens (tertiary/aromatic N) is 4. The predicted octanol–water partition coefficient (Wildman–Crippen LogP) is 1.72. The van der Waals surface area contributed by atoms with E-state index in [9.17, 15) is 13.2 Å². The van der Waals surface area contributed by atoms with E-state index in [0.717, 1.165) is 18.4 Å². The molecule has 1 aromatic carbocycles. The lowest BCUT2D eigenvalue weighted by Crippen LogP contribution is -2.44. The number of hydrogen-bond acceptors (Lipinski definition) is 5. The Kier molecular flexibility index (Phi) is 5.85. The summed E-state index contributed by atoms with van der Waals surface area (Å²) in [5, 5.41) is 7.82. The maximum Gasteiger partial charge on any atom is 0.241 e. The van der Waals surface area contributed by atoms with Gasteiger partial charge in [0.15, 0.2) is 0 Å². The average Bonchev–Trinajstić information content (AvgIpc) is 3.20. The first-order chi connectivity index (χ1) is 13.2. The zero-order valence-corrected chi connectivity index (χ0v) is 17.3. The molecule has 8 nitrogen and oxygen atoms in total. The largest absolute Gasteiger partial charge is 0.341 e. The highest BCUT2D eigenvalue weighted by atomic mass is 32.2. The van der Waals surface area contributed by atoms with Crippen molar-refractivity contribution in [3.05, 3.63) is 42.2 Å². The molecule has 2 heterocycles. The quantitative estimate of drug-likeness (QED) is 0.817. The maximum atomic E-state index is 12.5. The maximum absolute atomic E-state index is 12.5. The summed E-state index contributed by atoms with van der Waals surface area (Å²) in [6.45, 7) is 7.12. The van der Waals surface area contributed by atoms with Crippen LogP contribution in [-0.2, 0) is 20.2 Å². The molecule has 0 spiro atoms. The highest BCUT2D eigenvalue weighted by molar-refractivity contribution is 7.89. The number of aromatic nitrogens is 3. The van der Waals surface area contributed by atoms with Crippen LogP contribution in [0.15, 0.2) is 41.6 Å². The molecule has 0 unspecified atom stereocenters. The van der Waals surface area contributed by atoms with E-state index in [1.807, 2.05) is 23.0 Å². The number of nitrogens with one attached hydrogen (secondary N) is 1. The molecule has 0 aliphatic carbocycles. The Morgan fingerprint density at radius 1 is 1.18 bits per heavy atom. The normalized spacial score (nSPS) is 16.3. The fourth-order valence-electron chi connectivity index (χ4n) is 3.28. The molecule has 1 amide bonds. The van der Waals surface area contributed by atoms with Crippen molar-refractivity contribution in [1.82, 2.24) is 24.6 Å². The molecule has 9 heteroatoms. The summed E-state index contributed by atoms with van der Waals surface area (Å²) in [5.41, 5.74) is 1.00. The summed E-state index contributed by atoms with van der Waals surface area (Å²) in [6.07, 6.45) is 5.01. The number of benzene rings is 1. The SMILES string of the molecule is CC(C)(C)c1ccc(S(=O)(=O)NCC(=O)N2CCC(n3ccnn3)CC2)cc1. The van der Waals surface area contributed by atoms with Crippen molar-refractivity contribution in [3.8, 4) is 0 Å². The molecular weight excluding hydrogens is 378 g/mol. The van der Waals surface area contributed by atoms with E-state index in [4.69, 9.17) is 0 Å². The molecule has 1 fully saturated rings. The lowest BCUT2D eigenvalue weighted by Gasteiger charge is -2.31. The van der Waals surface area contributed by atoms with E-state index >= 15 is 0 Å². The standard InChI is InChI=1S/C19H27N5O3S/c1-19(2,3)15-4-6-17(7-5-15)28(26,27)21-14-18(25)23-11-8-16(9-12-23)24-13-10-20-22-24/h4-7,10,13,16,21H,8-9,11-12,14H2,1-3H3. The smallest absolute Gasteiger partial charge is 0.241 e. The van der Waals surface area contributed by atoms with Crippen LogP contribution in [-0.4, -0.2) is 53.9 Å². The zero-order chi connectivity index (χ0) is 20.4. The van der Waals surface area contributed by atoms with Crippen LogP contribution in [0, 0.1) is 0 Å². The summed E-state index contributed by atoms with van der Waals surface area (Å²) >= 11 is 0. The Labute approximate surface area is 166 Å². The number of piperidine rings is 1. The van der Waals surface area contributed by atoms with Gasteiger partial charge in [0.2, 0.25) is 15.9 Å². The van der Waals surface area contributed by atoms with Crippen LogP contribution in [0.25, 0.3) is 0 Å². The molecule has 2 aromatic rings. The van der Waals surface area contributed by atoms with Crippen molar-refractivity contribution in [2.75, 3.05) is 19.6 Å². The third kappa shape index (κ3) is 4.77. The van der Waals surface area contributed by atoms with Gasteiger partial charge < -0.3 is 4.90 Å². The van der Waals surface area contributed by atoms with E-state index in [2.05, 4.69) is 35.8 Å². The molecule has 1 aliphatic rings. The first-order valence-corrected chi connectivity index (χ1v) is 10.9. The Bertz CT molecular complexity index is 894. The highest BCUT2D eigenvalue weighted by Crippen LogP contribution is 2.23. The Hall–Kier alpha value is -2.26. The summed E-state index contributed by atoms with van der Waals surface area (Å²) in [4.78, 5) is 14.3. The lowest BCUT2D eigenvalue weighted by atomic mass is 9.87. The van der Waals surface area contributed by atoms with Gasteiger partial charge in [-0.25, -0.2) is 17.8 Å². The fourth-order valence-corrected chi connectivity index (χ4v) is 4.25. The van der Waals surface area contributed by atoms with Crippen LogP contribution in [0.3, 0.4) is 0 Å². The number of carbonyl (C=O) groups is 1. The third-order valence-electron chi connectivity index (χ3n) is 5.08. The van der Waals surface area contributed by atoms with Crippen molar-refractivity contribution in [2.45, 2.75) is 50.0 Å². The van der Waals surface area contributed by atoms with Crippen LogP contribution >= 0.6 is 0 Å². The number of likely N-dealkylation sites (tertiary alicyclic amines) is 1. The van der Waals surface area contributed by atoms with Crippen LogP contribution in [0.5, 0.6) is 0 Å². The second-order valence-corrected chi connectivity index (χ2v) is 9.86. The summed E-state index contributed by atoms with van der Waals surface area (Å²) in [7, 11) is -3.72. The van der Waals surface area contributed by atoms with E-state index < -0.39 is 10.0 Å². The minimum Gasteiger partial charge on any atom is -0.341 e. The highest BCUT2D eigenvalue weighted by Gasteiger charge is 2.25. The second-order valence-electron chi connectivity index (χ2n) is 8.09. The second kappa shape index (κ2) is 8.00. The molecular formula is C19H27N5O3S. The minimum absolute atomic E-state index is 0.0515. The number of rotatable bonds is 5.